The lowest BCUT2D eigenvalue weighted by atomic mass is 10.1. The van der Waals surface area contributed by atoms with E-state index in [4.69, 9.17) is 0 Å². The number of carbonyl (C=O) groups is 3. The highest BCUT2D eigenvalue weighted by Crippen LogP contribution is 2.21. The van der Waals surface area contributed by atoms with Crippen molar-refractivity contribution in [2.45, 2.75) is 18.9 Å². The molecule has 1 aliphatic heterocycles. The first-order chi connectivity index (χ1) is 9.17. The number of benzene rings is 1. The number of hydrogen-bond acceptors (Lipinski definition) is 4. The Bertz CT molecular complexity index is 689. The average Bonchev–Trinajstić information content (AvgIpc) is 2.80. The molecule has 6 nitrogen and oxygen atoms in total. The van der Waals surface area contributed by atoms with Gasteiger partial charge in [0.2, 0.25) is 5.91 Å². The van der Waals surface area contributed by atoms with Crippen LogP contribution in [-0.4, -0.2) is 27.9 Å². The molecule has 3 rings (SSSR count). The minimum absolute atomic E-state index is 0.249. The number of nitrogens with one attached hydrogen (secondary N) is 1. The Morgan fingerprint density at radius 2 is 2.21 bits per heavy atom. The summed E-state index contributed by atoms with van der Waals surface area (Å²) in [6.45, 7) is 0. The van der Waals surface area contributed by atoms with E-state index in [1.54, 1.807) is 29.1 Å². The van der Waals surface area contributed by atoms with Gasteiger partial charge in [0.1, 0.15) is 12.3 Å². The Morgan fingerprint density at radius 1 is 1.37 bits per heavy atom. The summed E-state index contributed by atoms with van der Waals surface area (Å²) < 4.78 is 1.56. The molecule has 0 bridgehead atoms. The van der Waals surface area contributed by atoms with Gasteiger partial charge in [0.25, 0.3) is 5.91 Å². The number of imide groups is 1. The normalized spacial score (nSPS) is 19.5. The maximum absolute atomic E-state index is 11.8. The number of aldehydes is 1. The molecule has 1 fully saturated rings. The average molecular weight is 257 g/mol. The van der Waals surface area contributed by atoms with Gasteiger partial charge in [0.15, 0.2) is 0 Å². The molecule has 1 aromatic heterocycles. The van der Waals surface area contributed by atoms with Gasteiger partial charge < -0.3 is 0 Å². The number of rotatable bonds is 2. The zero-order valence-corrected chi connectivity index (χ0v) is 10.00. The van der Waals surface area contributed by atoms with E-state index in [2.05, 4.69) is 10.4 Å². The second-order valence-electron chi connectivity index (χ2n) is 4.51. The van der Waals surface area contributed by atoms with E-state index in [0.29, 0.717) is 23.9 Å². The Balaban J connectivity index is 1.99. The van der Waals surface area contributed by atoms with E-state index >= 15 is 0 Å². The first-order valence-electron chi connectivity index (χ1n) is 5.95. The van der Waals surface area contributed by atoms with Crippen LogP contribution in [0.4, 0.5) is 0 Å². The Labute approximate surface area is 108 Å². The highest BCUT2D eigenvalue weighted by molar-refractivity contribution is 5.99. The van der Waals surface area contributed by atoms with Crippen molar-refractivity contribution in [3.63, 3.8) is 0 Å². The number of hydrogen-bond donors (Lipinski definition) is 1. The van der Waals surface area contributed by atoms with Crippen LogP contribution < -0.4 is 5.32 Å². The van der Waals surface area contributed by atoms with Crippen molar-refractivity contribution in [3.05, 3.63) is 30.0 Å². The molecule has 96 valence electrons. The van der Waals surface area contributed by atoms with Crippen LogP contribution in [0.2, 0.25) is 0 Å². The maximum atomic E-state index is 11.8. The van der Waals surface area contributed by atoms with Gasteiger partial charge in [-0.15, -0.1) is 0 Å². The smallest absolute Gasteiger partial charge is 0.251 e. The lowest BCUT2D eigenvalue weighted by molar-refractivity contribution is -0.135. The number of nitrogens with zero attached hydrogens (tertiary/aromatic N) is 2. The van der Waals surface area contributed by atoms with E-state index in [1.165, 1.54) is 0 Å². The summed E-state index contributed by atoms with van der Waals surface area (Å²) >= 11 is 0. The molecule has 1 N–H and O–H groups in total. The Kier molecular flexibility index (Phi) is 2.63. The van der Waals surface area contributed by atoms with Gasteiger partial charge >= 0.3 is 0 Å². The monoisotopic (exact) mass is 257 g/mol. The van der Waals surface area contributed by atoms with Crippen molar-refractivity contribution < 1.29 is 14.4 Å². The number of carbonyl (C=O) groups excluding carboxylic acids is 3. The molecule has 1 unspecified atom stereocenters. The summed E-state index contributed by atoms with van der Waals surface area (Å²) in [4.78, 5) is 33.6. The molecule has 2 heterocycles. The molecular weight excluding hydrogens is 246 g/mol. The first kappa shape index (κ1) is 11.6. The predicted molar refractivity (Wildman–Crippen MR) is 66.5 cm³/mol. The maximum Gasteiger partial charge on any atom is 0.251 e. The van der Waals surface area contributed by atoms with Gasteiger partial charge in [-0.2, -0.15) is 5.10 Å². The fraction of sp³-hybridized carbons (Fsp3) is 0.231. The molecule has 0 radical (unpaired) electrons. The molecule has 6 heteroatoms. The molecule has 0 spiro atoms. The van der Waals surface area contributed by atoms with E-state index in [0.717, 1.165) is 11.7 Å². The topological polar surface area (TPSA) is 81.1 Å². The van der Waals surface area contributed by atoms with E-state index in [1.807, 2.05) is 0 Å². The summed E-state index contributed by atoms with van der Waals surface area (Å²) in [5.41, 5.74) is 1.20. The van der Waals surface area contributed by atoms with Crippen LogP contribution in [0.3, 0.4) is 0 Å². The number of amides is 2. The zero-order chi connectivity index (χ0) is 13.4. The second-order valence-corrected chi connectivity index (χ2v) is 4.51. The number of piperidine rings is 1. The molecule has 1 aromatic carbocycles. The van der Waals surface area contributed by atoms with Crippen molar-refractivity contribution in [2.24, 2.45) is 0 Å². The third-order valence-electron chi connectivity index (χ3n) is 3.21. The highest BCUT2D eigenvalue weighted by Gasteiger charge is 2.28. The van der Waals surface area contributed by atoms with E-state index < -0.39 is 6.04 Å². The van der Waals surface area contributed by atoms with Crippen LogP contribution >= 0.6 is 0 Å². The number of aromatic nitrogens is 2. The third kappa shape index (κ3) is 2.01. The minimum Gasteiger partial charge on any atom is -0.298 e. The van der Waals surface area contributed by atoms with Crippen LogP contribution in [0.25, 0.3) is 10.9 Å². The summed E-state index contributed by atoms with van der Waals surface area (Å²) in [6, 6.07) is 4.69. The molecule has 2 aromatic rings. The minimum atomic E-state index is -0.468. The highest BCUT2D eigenvalue weighted by atomic mass is 16.2. The molecule has 1 atom stereocenters. The molecule has 0 saturated carbocycles. The standard InChI is InChI=1S/C13H11N3O3/c17-7-8-1-2-9-6-16(15-10(9)5-8)11-3-4-12(18)14-13(11)19/h1-2,5-7,11H,3-4H2,(H,14,18,19). The van der Waals surface area contributed by atoms with Gasteiger partial charge in [-0.3, -0.25) is 24.4 Å². The molecule has 0 aliphatic carbocycles. The van der Waals surface area contributed by atoms with Crippen molar-refractivity contribution in [3.8, 4) is 0 Å². The second kappa shape index (κ2) is 4.31. The van der Waals surface area contributed by atoms with Crippen LogP contribution in [-0.2, 0) is 9.59 Å². The Morgan fingerprint density at radius 3 is 2.95 bits per heavy atom. The predicted octanol–water partition coefficient (Wildman–Crippen LogP) is 0.826. The van der Waals surface area contributed by atoms with Gasteiger partial charge in [-0.1, -0.05) is 12.1 Å². The van der Waals surface area contributed by atoms with Gasteiger partial charge in [0, 0.05) is 23.6 Å². The fourth-order valence-corrected chi connectivity index (χ4v) is 2.22. The quantitative estimate of drug-likeness (QED) is 0.638. The Hall–Kier alpha value is -2.50. The van der Waals surface area contributed by atoms with Crippen LogP contribution in [0.1, 0.15) is 29.2 Å². The van der Waals surface area contributed by atoms with Crippen LogP contribution in [0.5, 0.6) is 0 Å². The lowest BCUT2D eigenvalue weighted by Gasteiger charge is -2.20. The summed E-state index contributed by atoms with van der Waals surface area (Å²) in [6.07, 6.45) is 3.26. The van der Waals surface area contributed by atoms with Crippen LogP contribution in [0, 0.1) is 0 Å². The van der Waals surface area contributed by atoms with E-state index in [9.17, 15) is 14.4 Å². The SMILES string of the molecule is O=Cc1ccc2cn(C3CCC(=O)NC3=O)nc2c1. The molecule has 1 saturated heterocycles. The van der Waals surface area contributed by atoms with Crippen molar-refractivity contribution in [1.82, 2.24) is 15.1 Å². The molecule has 2 amide bonds. The molecule has 19 heavy (non-hydrogen) atoms. The summed E-state index contributed by atoms with van der Waals surface area (Å²) in [7, 11) is 0. The van der Waals surface area contributed by atoms with Crippen molar-refractivity contribution in [1.29, 1.82) is 0 Å². The third-order valence-corrected chi connectivity index (χ3v) is 3.21. The molecular formula is C13H11N3O3. The lowest BCUT2D eigenvalue weighted by Crippen LogP contribution is -2.41. The van der Waals surface area contributed by atoms with Gasteiger partial charge in [-0.25, -0.2) is 0 Å². The summed E-state index contributed by atoms with van der Waals surface area (Å²) in [5.74, 6) is -0.583. The summed E-state index contributed by atoms with van der Waals surface area (Å²) in [5, 5.41) is 7.46. The van der Waals surface area contributed by atoms with Gasteiger partial charge in [0.05, 0.1) is 5.52 Å². The van der Waals surface area contributed by atoms with E-state index in [-0.39, 0.29) is 11.8 Å². The zero-order valence-electron chi connectivity index (χ0n) is 10.00. The largest absolute Gasteiger partial charge is 0.298 e. The molecule has 1 aliphatic rings. The van der Waals surface area contributed by atoms with Gasteiger partial charge in [-0.05, 0) is 12.5 Å². The van der Waals surface area contributed by atoms with Crippen molar-refractivity contribution >= 4 is 29.0 Å². The first-order valence-corrected chi connectivity index (χ1v) is 5.95. The number of fused-ring (bicyclic) bond motifs is 1. The fourth-order valence-electron chi connectivity index (χ4n) is 2.22. The van der Waals surface area contributed by atoms with Crippen LogP contribution in [0.15, 0.2) is 24.4 Å². The van der Waals surface area contributed by atoms with Crippen molar-refractivity contribution in [2.75, 3.05) is 0 Å².